The lowest BCUT2D eigenvalue weighted by Gasteiger charge is -2.27. The minimum atomic E-state index is -0.0349. The molecule has 1 saturated heterocycles. The smallest absolute Gasteiger partial charge is 0.221 e. The van der Waals surface area contributed by atoms with Gasteiger partial charge in [0.25, 0.3) is 0 Å². The van der Waals surface area contributed by atoms with Gasteiger partial charge in [0.2, 0.25) is 5.91 Å². The second-order valence-corrected chi connectivity index (χ2v) is 4.72. The molecular formula is C13H18ClN3O2. The van der Waals surface area contributed by atoms with Gasteiger partial charge in [0.1, 0.15) is 5.82 Å². The first-order valence-electron chi connectivity index (χ1n) is 6.40. The van der Waals surface area contributed by atoms with Gasteiger partial charge in [-0.15, -0.1) is 11.6 Å². The third kappa shape index (κ3) is 4.36. The summed E-state index contributed by atoms with van der Waals surface area (Å²) in [5.74, 6) is 1.27. The summed E-state index contributed by atoms with van der Waals surface area (Å²) >= 11 is 5.50. The Morgan fingerprint density at radius 1 is 1.42 bits per heavy atom. The molecule has 1 aliphatic heterocycles. The van der Waals surface area contributed by atoms with Crippen molar-refractivity contribution in [2.24, 2.45) is 0 Å². The maximum absolute atomic E-state index is 11.3. The van der Waals surface area contributed by atoms with Gasteiger partial charge < -0.3 is 15.0 Å². The largest absolute Gasteiger partial charge is 0.378 e. The van der Waals surface area contributed by atoms with E-state index in [1.807, 2.05) is 12.1 Å². The zero-order chi connectivity index (χ0) is 13.5. The van der Waals surface area contributed by atoms with Gasteiger partial charge in [-0.05, 0) is 11.6 Å². The highest BCUT2D eigenvalue weighted by Crippen LogP contribution is 2.12. The van der Waals surface area contributed by atoms with E-state index >= 15 is 0 Å². The minimum absolute atomic E-state index is 0.0349. The van der Waals surface area contributed by atoms with Crippen LogP contribution in [0.15, 0.2) is 18.3 Å². The average molecular weight is 284 g/mol. The molecule has 0 atom stereocenters. The van der Waals surface area contributed by atoms with Crippen LogP contribution in [-0.4, -0.2) is 43.1 Å². The third-order valence-corrected chi connectivity index (χ3v) is 3.14. The van der Waals surface area contributed by atoms with Crippen LogP contribution in [-0.2, 0) is 16.1 Å². The topological polar surface area (TPSA) is 54.5 Å². The average Bonchev–Trinajstić information content (AvgIpc) is 2.47. The predicted molar refractivity (Wildman–Crippen MR) is 74.5 cm³/mol. The van der Waals surface area contributed by atoms with E-state index in [1.165, 1.54) is 0 Å². The molecular weight excluding hydrogens is 266 g/mol. The van der Waals surface area contributed by atoms with Gasteiger partial charge in [0, 0.05) is 38.1 Å². The molecule has 0 unspecified atom stereocenters. The highest BCUT2D eigenvalue weighted by Gasteiger charge is 2.11. The number of nitrogens with zero attached hydrogens (tertiary/aromatic N) is 2. The molecule has 104 valence electrons. The predicted octanol–water partition coefficient (Wildman–Crippen LogP) is 1.16. The highest BCUT2D eigenvalue weighted by molar-refractivity contribution is 6.18. The van der Waals surface area contributed by atoms with Crippen molar-refractivity contribution in [3.05, 3.63) is 23.9 Å². The van der Waals surface area contributed by atoms with Crippen molar-refractivity contribution in [2.75, 3.05) is 37.1 Å². The number of hydrogen-bond donors (Lipinski definition) is 1. The van der Waals surface area contributed by atoms with E-state index in [-0.39, 0.29) is 5.91 Å². The Morgan fingerprint density at radius 2 is 2.21 bits per heavy atom. The number of ether oxygens (including phenoxy) is 1. The van der Waals surface area contributed by atoms with E-state index in [0.29, 0.717) is 18.8 Å². The van der Waals surface area contributed by atoms with Crippen molar-refractivity contribution in [2.45, 2.75) is 13.0 Å². The van der Waals surface area contributed by atoms with Crippen LogP contribution < -0.4 is 10.2 Å². The second kappa shape index (κ2) is 7.31. The molecule has 0 bridgehead atoms. The van der Waals surface area contributed by atoms with Crippen LogP contribution in [0.25, 0.3) is 0 Å². The maximum Gasteiger partial charge on any atom is 0.221 e. The summed E-state index contributed by atoms with van der Waals surface area (Å²) in [5, 5.41) is 2.80. The molecule has 19 heavy (non-hydrogen) atoms. The molecule has 2 heterocycles. The quantitative estimate of drug-likeness (QED) is 0.824. The zero-order valence-electron chi connectivity index (χ0n) is 10.8. The first-order valence-corrected chi connectivity index (χ1v) is 6.93. The number of carbonyl (C=O) groups is 1. The number of carbonyl (C=O) groups excluding carboxylic acids is 1. The molecule has 5 nitrogen and oxygen atoms in total. The summed E-state index contributed by atoms with van der Waals surface area (Å²) in [6.45, 7) is 3.74. The Hall–Kier alpha value is -1.33. The van der Waals surface area contributed by atoms with Crippen molar-refractivity contribution in [1.29, 1.82) is 0 Å². The van der Waals surface area contributed by atoms with Crippen LogP contribution in [0.2, 0.25) is 0 Å². The molecule has 0 radical (unpaired) electrons. The number of morpholine rings is 1. The molecule has 0 aromatic carbocycles. The SMILES string of the molecule is O=C(CCCl)NCc1ccc(N2CCOCC2)nc1. The lowest BCUT2D eigenvalue weighted by Crippen LogP contribution is -2.36. The van der Waals surface area contributed by atoms with Crippen LogP contribution in [0.4, 0.5) is 5.82 Å². The van der Waals surface area contributed by atoms with Crippen molar-refractivity contribution < 1.29 is 9.53 Å². The Labute approximate surface area is 117 Å². The number of alkyl halides is 1. The molecule has 6 heteroatoms. The normalized spacial score (nSPS) is 15.3. The number of hydrogen-bond acceptors (Lipinski definition) is 4. The summed E-state index contributed by atoms with van der Waals surface area (Å²) in [6, 6.07) is 3.97. The molecule has 1 aliphatic rings. The van der Waals surface area contributed by atoms with Gasteiger partial charge >= 0.3 is 0 Å². The lowest BCUT2D eigenvalue weighted by molar-refractivity contribution is -0.120. The van der Waals surface area contributed by atoms with Gasteiger partial charge in [-0.1, -0.05) is 6.07 Å². The van der Waals surface area contributed by atoms with E-state index < -0.39 is 0 Å². The number of anilines is 1. The van der Waals surface area contributed by atoms with Crippen LogP contribution in [0.5, 0.6) is 0 Å². The van der Waals surface area contributed by atoms with Crippen molar-refractivity contribution in [3.63, 3.8) is 0 Å². The molecule has 1 amide bonds. The van der Waals surface area contributed by atoms with Gasteiger partial charge in [-0.3, -0.25) is 4.79 Å². The zero-order valence-corrected chi connectivity index (χ0v) is 11.5. The molecule has 0 spiro atoms. The number of pyridine rings is 1. The van der Waals surface area contributed by atoms with Crippen LogP contribution >= 0.6 is 11.6 Å². The minimum Gasteiger partial charge on any atom is -0.378 e. The number of aromatic nitrogens is 1. The Bertz CT molecular complexity index is 405. The van der Waals surface area contributed by atoms with Crippen LogP contribution in [0, 0.1) is 0 Å². The number of nitrogens with one attached hydrogen (secondary N) is 1. The van der Waals surface area contributed by atoms with E-state index in [0.717, 1.165) is 37.7 Å². The number of halogens is 1. The fourth-order valence-electron chi connectivity index (χ4n) is 1.88. The van der Waals surface area contributed by atoms with Crippen molar-refractivity contribution in [1.82, 2.24) is 10.3 Å². The van der Waals surface area contributed by atoms with Crippen LogP contribution in [0.1, 0.15) is 12.0 Å². The lowest BCUT2D eigenvalue weighted by atomic mass is 10.2. The summed E-state index contributed by atoms with van der Waals surface area (Å²) < 4.78 is 5.31. The van der Waals surface area contributed by atoms with Crippen molar-refractivity contribution in [3.8, 4) is 0 Å². The third-order valence-electron chi connectivity index (χ3n) is 2.96. The molecule has 1 fully saturated rings. The Kier molecular flexibility index (Phi) is 5.42. The van der Waals surface area contributed by atoms with E-state index in [4.69, 9.17) is 16.3 Å². The van der Waals surface area contributed by atoms with E-state index in [1.54, 1.807) is 6.20 Å². The maximum atomic E-state index is 11.3. The first-order chi connectivity index (χ1) is 9.29. The summed E-state index contributed by atoms with van der Waals surface area (Å²) in [7, 11) is 0. The van der Waals surface area contributed by atoms with Crippen LogP contribution in [0.3, 0.4) is 0 Å². The van der Waals surface area contributed by atoms with Gasteiger partial charge in [0.15, 0.2) is 0 Å². The van der Waals surface area contributed by atoms with E-state index in [9.17, 15) is 4.79 Å². The standard InChI is InChI=1S/C13H18ClN3O2/c14-4-3-13(18)16-10-11-1-2-12(15-9-11)17-5-7-19-8-6-17/h1-2,9H,3-8,10H2,(H,16,18). The van der Waals surface area contributed by atoms with Crippen molar-refractivity contribution >= 4 is 23.3 Å². The molecule has 2 rings (SSSR count). The molecule has 1 aromatic rings. The first kappa shape index (κ1) is 14.1. The fourth-order valence-corrected chi connectivity index (χ4v) is 2.05. The van der Waals surface area contributed by atoms with E-state index in [2.05, 4.69) is 15.2 Å². The molecule has 1 aromatic heterocycles. The number of amides is 1. The van der Waals surface area contributed by atoms with Gasteiger partial charge in [-0.25, -0.2) is 4.98 Å². The summed E-state index contributed by atoms with van der Waals surface area (Å²) in [6.07, 6.45) is 2.15. The number of rotatable bonds is 5. The fraction of sp³-hybridized carbons (Fsp3) is 0.538. The summed E-state index contributed by atoms with van der Waals surface area (Å²) in [4.78, 5) is 17.9. The molecule has 0 saturated carbocycles. The summed E-state index contributed by atoms with van der Waals surface area (Å²) in [5.41, 5.74) is 0.986. The molecule has 1 N–H and O–H groups in total. The van der Waals surface area contributed by atoms with Gasteiger partial charge in [0.05, 0.1) is 13.2 Å². The Balaban J connectivity index is 1.85. The monoisotopic (exact) mass is 283 g/mol. The molecule has 0 aliphatic carbocycles. The second-order valence-electron chi connectivity index (χ2n) is 4.34. The van der Waals surface area contributed by atoms with Gasteiger partial charge in [-0.2, -0.15) is 0 Å². The highest BCUT2D eigenvalue weighted by atomic mass is 35.5. The Morgan fingerprint density at radius 3 is 2.84 bits per heavy atom.